The third-order valence-electron chi connectivity index (χ3n) is 9.02. The van der Waals surface area contributed by atoms with Gasteiger partial charge in [0, 0.05) is 16.5 Å². The van der Waals surface area contributed by atoms with Gasteiger partial charge in [-0.15, -0.1) is 0 Å². The molecular formula is C44H34NP. The molecule has 0 fully saturated rings. The summed E-state index contributed by atoms with van der Waals surface area (Å²) in [5.41, 5.74) is 13.5. The van der Waals surface area contributed by atoms with Gasteiger partial charge < -0.3 is 4.57 Å². The third-order valence-corrected chi connectivity index (χ3v) is 10.3. The second-order valence-corrected chi connectivity index (χ2v) is 14.4. The summed E-state index contributed by atoms with van der Waals surface area (Å²) in [6.45, 7) is 4.65. The molecule has 0 N–H and O–H groups in total. The van der Waals surface area contributed by atoms with Crippen molar-refractivity contribution in [3.63, 3.8) is 0 Å². The first kappa shape index (κ1) is 28.3. The van der Waals surface area contributed by atoms with Crippen LogP contribution in [0.25, 0.3) is 72.0 Å². The molecule has 1 aromatic heterocycles. The highest BCUT2D eigenvalue weighted by Gasteiger charge is 2.16. The molecule has 0 unspecified atom stereocenters. The highest BCUT2D eigenvalue weighted by atomic mass is 31.1. The Bertz CT molecular complexity index is 2160. The van der Waals surface area contributed by atoms with Crippen molar-refractivity contribution in [2.75, 3.05) is 13.3 Å². The first-order valence-electron chi connectivity index (χ1n) is 15.8. The lowest BCUT2D eigenvalue weighted by Gasteiger charge is -2.12. The minimum atomic E-state index is -0.198. The second kappa shape index (κ2) is 11.9. The van der Waals surface area contributed by atoms with Gasteiger partial charge in [0.25, 0.3) is 0 Å². The van der Waals surface area contributed by atoms with Crippen LogP contribution in [0.15, 0.2) is 170 Å². The molecule has 0 spiro atoms. The van der Waals surface area contributed by atoms with Crippen molar-refractivity contribution in [2.24, 2.45) is 0 Å². The van der Waals surface area contributed by atoms with E-state index in [4.69, 9.17) is 0 Å². The Morgan fingerprint density at radius 2 is 0.739 bits per heavy atom. The van der Waals surface area contributed by atoms with Gasteiger partial charge in [-0.1, -0.05) is 141 Å². The molecule has 8 aromatic rings. The van der Waals surface area contributed by atoms with Crippen molar-refractivity contribution in [1.82, 2.24) is 4.57 Å². The standard InChI is InChI=1S/C44H34NP/c1-46(2)40-15-9-14-39(30-40)45-43-26-24-37(35-20-16-33(17-21-35)31-10-5-3-6-11-31)28-41(43)42-29-38(25-27-44(42)45)36-22-18-34(19-23-36)32-12-7-4-8-13-32/h3-30H,1-2H3. The molecule has 0 saturated carbocycles. The Balaban J connectivity index is 1.27. The van der Waals surface area contributed by atoms with Gasteiger partial charge in [0.1, 0.15) is 0 Å². The fraction of sp³-hybridized carbons (Fsp3) is 0.0455. The zero-order valence-corrected chi connectivity index (χ0v) is 27.0. The summed E-state index contributed by atoms with van der Waals surface area (Å²) in [7, 11) is -0.198. The molecule has 0 aliphatic carbocycles. The number of rotatable bonds is 6. The van der Waals surface area contributed by atoms with Crippen LogP contribution in [0.3, 0.4) is 0 Å². The van der Waals surface area contributed by atoms with E-state index < -0.39 is 0 Å². The normalized spacial score (nSPS) is 11.5. The van der Waals surface area contributed by atoms with Gasteiger partial charge in [0.05, 0.1) is 11.0 Å². The van der Waals surface area contributed by atoms with Gasteiger partial charge in [0.15, 0.2) is 0 Å². The fourth-order valence-electron chi connectivity index (χ4n) is 6.54. The minimum absolute atomic E-state index is 0.198. The van der Waals surface area contributed by atoms with E-state index in [1.165, 1.54) is 77.3 Å². The summed E-state index contributed by atoms with van der Waals surface area (Å²) >= 11 is 0. The van der Waals surface area contributed by atoms with Gasteiger partial charge in [-0.3, -0.25) is 0 Å². The number of hydrogen-bond donors (Lipinski definition) is 0. The zero-order valence-electron chi connectivity index (χ0n) is 26.1. The second-order valence-electron chi connectivity index (χ2n) is 12.1. The average molecular weight is 608 g/mol. The van der Waals surface area contributed by atoms with E-state index in [-0.39, 0.29) is 7.92 Å². The van der Waals surface area contributed by atoms with Crippen LogP contribution in [0.1, 0.15) is 0 Å². The Labute approximate surface area is 272 Å². The smallest absolute Gasteiger partial charge is 0.0541 e. The Morgan fingerprint density at radius 1 is 0.348 bits per heavy atom. The molecule has 0 radical (unpaired) electrons. The number of fused-ring (bicyclic) bond motifs is 3. The topological polar surface area (TPSA) is 4.93 Å². The molecule has 220 valence electrons. The fourth-order valence-corrected chi connectivity index (χ4v) is 7.32. The molecular weight excluding hydrogens is 573 g/mol. The highest BCUT2D eigenvalue weighted by molar-refractivity contribution is 7.64. The van der Waals surface area contributed by atoms with Crippen LogP contribution in [0.5, 0.6) is 0 Å². The summed E-state index contributed by atoms with van der Waals surface area (Å²) in [6.07, 6.45) is 0. The number of hydrogen-bond acceptors (Lipinski definition) is 0. The molecule has 1 nitrogen and oxygen atoms in total. The van der Waals surface area contributed by atoms with Crippen LogP contribution >= 0.6 is 7.92 Å². The van der Waals surface area contributed by atoms with Crippen LogP contribution in [0.4, 0.5) is 0 Å². The zero-order chi connectivity index (χ0) is 31.0. The van der Waals surface area contributed by atoms with E-state index >= 15 is 0 Å². The Kier molecular flexibility index (Phi) is 7.33. The van der Waals surface area contributed by atoms with Crippen molar-refractivity contribution in [3.8, 4) is 50.2 Å². The molecule has 0 bridgehead atoms. The van der Waals surface area contributed by atoms with Crippen molar-refractivity contribution in [3.05, 3.63) is 170 Å². The average Bonchev–Trinajstić information content (AvgIpc) is 3.45. The van der Waals surface area contributed by atoms with Crippen molar-refractivity contribution < 1.29 is 0 Å². The summed E-state index contributed by atoms with van der Waals surface area (Å²) in [5.74, 6) is 0. The monoisotopic (exact) mass is 607 g/mol. The predicted molar refractivity (Wildman–Crippen MR) is 201 cm³/mol. The van der Waals surface area contributed by atoms with Gasteiger partial charge in [0.2, 0.25) is 0 Å². The SMILES string of the molecule is CP(C)c1cccc(-n2c3ccc(-c4ccc(-c5ccccc5)cc4)cc3c3cc(-c4ccc(-c5ccccc5)cc4)ccc32)c1. The van der Waals surface area contributed by atoms with Crippen molar-refractivity contribution >= 4 is 35.0 Å². The van der Waals surface area contributed by atoms with Crippen LogP contribution in [0, 0.1) is 0 Å². The van der Waals surface area contributed by atoms with Crippen LogP contribution in [-0.2, 0) is 0 Å². The molecule has 0 atom stereocenters. The Morgan fingerprint density at radius 3 is 1.17 bits per heavy atom. The summed E-state index contributed by atoms with van der Waals surface area (Å²) in [5, 5.41) is 3.94. The van der Waals surface area contributed by atoms with Gasteiger partial charge in [-0.2, -0.15) is 0 Å². The first-order chi connectivity index (χ1) is 22.6. The van der Waals surface area contributed by atoms with E-state index in [0.29, 0.717) is 0 Å². The molecule has 0 saturated heterocycles. The number of benzene rings is 7. The summed E-state index contributed by atoms with van der Waals surface area (Å²) < 4.78 is 2.44. The summed E-state index contributed by atoms with van der Waals surface area (Å²) in [6, 6.07) is 62.1. The number of nitrogens with zero attached hydrogens (tertiary/aromatic N) is 1. The molecule has 0 aliphatic rings. The van der Waals surface area contributed by atoms with Gasteiger partial charge in [-0.05, 0) is 99.5 Å². The van der Waals surface area contributed by atoms with Crippen molar-refractivity contribution in [2.45, 2.75) is 0 Å². The van der Waals surface area contributed by atoms with Crippen LogP contribution in [-0.4, -0.2) is 17.9 Å². The maximum Gasteiger partial charge on any atom is 0.0541 e. The third kappa shape index (κ3) is 5.24. The summed E-state index contributed by atoms with van der Waals surface area (Å²) in [4.78, 5) is 0. The van der Waals surface area contributed by atoms with Crippen LogP contribution < -0.4 is 5.30 Å². The maximum absolute atomic E-state index is 2.44. The Hall–Kier alpha value is -5.23. The van der Waals surface area contributed by atoms with Gasteiger partial charge in [-0.25, -0.2) is 0 Å². The predicted octanol–water partition coefficient (Wildman–Crippen LogP) is 11.8. The van der Waals surface area contributed by atoms with Crippen molar-refractivity contribution in [1.29, 1.82) is 0 Å². The minimum Gasteiger partial charge on any atom is -0.309 e. The quantitative estimate of drug-likeness (QED) is 0.166. The molecule has 0 aliphatic heterocycles. The van der Waals surface area contributed by atoms with E-state index in [2.05, 4.69) is 188 Å². The number of aromatic nitrogens is 1. The van der Waals surface area contributed by atoms with Crippen LogP contribution in [0.2, 0.25) is 0 Å². The highest BCUT2D eigenvalue weighted by Crippen LogP contribution is 2.38. The first-order valence-corrected chi connectivity index (χ1v) is 18.0. The largest absolute Gasteiger partial charge is 0.309 e. The molecule has 46 heavy (non-hydrogen) atoms. The lowest BCUT2D eigenvalue weighted by Crippen LogP contribution is -2.02. The van der Waals surface area contributed by atoms with Gasteiger partial charge >= 0.3 is 0 Å². The molecule has 0 amide bonds. The van der Waals surface area contributed by atoms with E-state index in [0.717, 1.165) is 0 Å². The lowest BCUT2D eigenvalue weighted by atomic mass is 9.97. The maximum atomic E-state index is 2.44. The van der Waals surface area contributed by atoms with E-state index in [1.54, 1.807) is 0 Å². The molecule has 7 aromatic carbocycles. The molecule has 2 heteroatoms. The lowest BCUT2D eigenvalue weighted by molar-refractivity contribution is 1.18. The molecule has 1 heterocycles. The van der Waals surface area contributed by atoms with E-state index in [9.17, 15) is 0 Å². The van der Waals surface area contributed by atoms with E-state index in [1.807, 2.05) is 0 Å². The molecule has 8 rings (SSSR count).